The molecule has 0 saturated carbocycles. The molecular weight excluding hydrogens is 248 g/mol. The maximum atomic E-state index is 9.12. The van der Waals surface area contributed by atoms with Crippen molar-refractivity contribution in [1.82, 2.24) is 9.97 Å². The second-order valence-corrected chi connectivity index (χ2v) is 4.84. The van der Waals surface area contributed by atoms with Gasteiger partial charge in [0.2, 0.25) is 0 Å². The summed E-state index contributed by atoms with van der Waals surface area (Å²) in [4.78, 5) is 9.88. The van der Waals surface area contributed by atoms with Crippen molar-refractivity contribution in [3.63, 3.8) is 0 Å². The van der Waals surface area contributed by atoms with Crippen molar-refractivity contribution in [1.29, 1.82) is 5.26 Å². The van der Waals surface area contributed by atoms with E-state index in [0.29, 0.717) is 5.56 Å². The normalized spacial score (nSPS) is 10.4. The molecule has 0 spiro atoms. The zero-order chi connectivity index (χ0) is 14.1. The molecule has 0 aliphatic carbocycles. The number of hydrogen-bond acceptors (Lipinski definition) is 3. The van der Waals surface area contributed by atoms with E-state index in [9.17, 15) is 0 Å². The lowest BCUT2D eigenvalue weighted by Gasteiger charge is -2.12. The highest BCUT2D eigenvalue weighted by molar-refractivity contribution is 5.84. The molecule has 0 fully saturated rings. The van der Waals surface area contributed by atoms with Gasteiger partial charge in [0.1, 0.15) is 17.4 Å². The maximum absolute atomic E-state index is 9.12. The van der Waals surface area contributed by atoms with Gasteiger partial charge in [-0.3, -0.25) is 0 Å². The summed E-state index contributed by atoms with van der Waals surface area (Å²) in [5, 5.41) is 9.12. The number of benzene rings is 2. The molecular formula is C16H14N4. The predicted molar refractivity (Wildman–Crippen MR) is 80.6 cm³/mol. The first-order chi connectivity index (χ1) is 9.69. The Morgan fingerprint density at radius 3 is 2.70 bits per heavy atom. The average molecular weight is 262 g/mol. The van der Waals surface area contributed by atoms with Crippen LogP contribution >= 0.6 is 0 Å². The van der Waals surface area contributed by atoms with E-state index in [1.54, 1.807) is 6.07 Å². The molecule has 4 heteroatoms. The zero-order valence-electron chi connectivity index (χ0n) is 11.4. The Bertz CT molecular complexity index is 809. The van der Waals surface area contributed by atoms with Gasteiger partial charge in [0.25, 0.3) is 0 Å². The molecule has 1 heterocycles. The molecule has 0 saturated heterocycles. The van der Waals surface area contributed by atoms with Crippen LogP contribution in [0.15, 0.2) is 42.5 Å². The number of anilines is 1. The number of fused-ring (bicyclic) bond motifs is 1. The van der Waals surface area contributed by atoms with Crippen molar-refractivity contribution in [3.8, 4) is 17.5 Å². The number of nitrogens with zero attached hydrogens (tertiary/aromatic N) is 3. The van der Waals surface area contributed by atoms with Crippen molar-refractivity contribution in [2.24, 2.45) is 0 Å². The molecule has 0 aliphatic rings. The Labute approximate surface area is 117 Å². The zero-order valence-corrected chi connectivity index (χ0v) is 11.4. The Balaban J connectivity index is 2.16. The summed E-state index contributed by atoms with van der Waals surface area (Å²) >= 11 is 0. The molecule has 2 aromatic carbocycles. The molecule has 0 unspecified atom stereocenters. The third-order valence-electron chi connectivity index (χ3n) is 3.27. The highest BCUT2D eigenvalue weighted by atomic mass is 15.1. The monoisotopic (exact) mass is 262 g/mol. The quantitative estimate of drug-likeness (QED) is 0.771. The Morgan fingerprint density at radius 2 is 1.95 bits per heavy atom. The predicted octanol–water partition coefficient (Wildman–Crippen LogP) is 3.17. The van der Waals surface area contributed by atoms with E-state index in [-0.39, 0.29) is 0 Å². The van der Waals surface area contributed by atoms with Crippen LogP contribution in [0, 0.1) is 11.3 Å². The number of hydrogen-bond donors (Lipinski definition) is 1. The van der Waals surface area contributed by atoms with Crippen LogP contribution in [0.2, 0.25) is 0 Å². The van der Waals surface area contributed by atoms with Gasteiger partial charge in [-0.15, -0.1) is 0 Å². The largest absolute Gasteiger partial charge is 0.378 e. The summed E-state index contributed by atoms with van der Waals surface area (Å²) in [6.45, 7) is 0. The molecule has 0 radical (unpaired) electrons. The van der Waals surface area contributed by atoms with E-state index in [2.05, 4.69) is 22.1 Å². The van der Waals surface area contributed by atoms with Crippen molar-refractivity contribution in [2.45, 2.75) is 0 Å². The Morgan fingerprint density at radius 1 is 1.15 bits per heavy atom. The van der Waals surface area contributed by atoms with Gasteiger partial charge in [-0.25, -0.2) is 4.98 Å². The first kappa shape index (κ1) is 12.2. The van der Waals surface area contributed by atoms with E-state index in [4.69, 9.17) is 5.26 Å². The fourth-order valence-electron chi connectivity index (χ4n) is 2.19. The van der Waals surface area contributed by atoms with Crippen LogP contribution < -0.4 is 4.90 Å². The second kappa shape index (κ2) is 4.71. The average Bonchev–Trinajstić information content (AvgIpc) is 2.91. The summed E-state index contributed by atoms with van der Waals surface area (Å²) < 4.78 is 0. The minimum absolute atomic E-state index is 0.591. The third kappa shape index (κ3) is 1.99. The lowest BCUT2D eigenvalue weighted by Crippen LogP contribution is -2.08. The van der Waals surface area contributed by atoms with Gasteiger partial charge in [0.15, 0.2) is 0 Å². The molecule has 4 nitrogen and oxygen atoms in total. The van der Waals surface area contributed by atoms with Gasteiger partial charge in [-0.05, 0) is 24.3 Å². The Hall–Kier alpha value is -2.80. The number of nitrogens with one attached hydrogen (secondary N) is 1. The highest BCUT2D eigenvalue weighted by Crippen LogP contribution is 2.25. The molecule has 0 atom stereocenters. The topological polar surface area (TPSA) is 55.7 Å². The van der Waals surface area contributed by atoms with Gasteiger partial charge in [-0.2, -0.15) is 5.26 Å². The van der Waals surface area contributed by atoms with E-state index in [0.717, 1.165) is 28.1 Å². The fourth-order valence-corrected chi connectivity index (χ4v) is 2.19. The second-order valence-electron chi connectivity index (χ2n) is 4.84. The molecule has 3 rings (SSSR count). The number of nitriles is 1. The fraction of sp³-hybridized carbons (Fsp3) is 0.125. The van der Waals surface area contributed by atoms with Crippen molar-refractivity contribution in [3.05, 3.63) is 48.0 Å². The summed E-state index contributed by atoms with van der Waals surface area (Å²) in [5.74, 6) is 0.784. The van der Waals surface area contributed by atoms with Crippen LogP contribution in [0.25, 0.3) is 22.4 Å². The van der Waals surface area contributed by atoms with Crippen LogP contribution in [0.1, 0.15) is 5.56 Å². The number of imidazole rings is 1. The van der Waals surface area contributed by atoms with Crippen LogP contribution in [-0.2, 0) is 0 Å². The van der Waals surface area contributed by atoms with Crippen molar-refractivity contribution < 1.29 is 0 Å². The van der Waals surface area contributed by atoms with Gasteiger partial charge in [0, 0.05) is 25.3 Å². The van der Waals surface area contributed by atoms with Crippen LogP contribution in [0.5, 0.6) is 0 Å². The van der Waals surface area contributed by atoms with Gasteiger partial charge < -0.3 is 9.88 Å². The standard InChI is InChI=1S/C16H14N4/c1-20(2)13-7-3-5-11(9-13)16-18-14-8-4-6-12(10-17)15(14)19-16/h3-9H,1-2H3,(H,18,19). The summed E-state index contributed by atoms with van der Waals surface area (Å²) in [6.07, 6.45) is 0. The van der Waals surface area contributed by atoms with E-state index in [1.165, 1.54) is 0 Å². The number of aromatic amines is 1. The smallest absolute Gasteiger partial charge is 0.138 e. The first-order valence-corrected chi connectivity index (χ1v) is 6.35. The van der Waals surface area contributed by atoms with Crippen LogP contribution in [0.3, 0.4) is 0 Å². The minimum Gasteiger partial charge on any atom is -0.378 e. The van der Waals surface area contributed by atoms with Gasteiger partial charge >= 0.3 is 0 Å². The first-order valence-electron chi connectivity index (χ1n) is 6.35. The summed E-state index contributed by atoms with van der Waals surface area (Å²) in [5.41, 5.74) is 4.32. The molecule has 98 valence electrons. The van der Waals surface area contributed by atoms with E-state index in [1.807, 2.05) is 49.3 Å². The number of para-hydroxylation sites is 1. The minimum atomic E-state index is 0.591. The number of aromatic nitrogens is 2. The molecule has 0 aliphatic heterocycles. The lowest BCUT2D eigenvalue weighted by atomic mass is 10.2. The molecule has 0 amide bonds. The summed E-state index contributed by atoms with van der Waals surface area (Å²) in [7, 11) is 4.01. The third-order valence-corrected chi connectivity index (χ3v) is 3.27. The molecule has 3 aromatic rings. The van der Waals surface area contributed by atoms with E-state index < -0.39 is 0 Å². The highest BCUT2D eigenvalue weighted by Gasteiger charge is 2.09. The molecule has 1 aromatic heterocycles. The van der Waals surface area contributed by atoms with Crippen molar-refractivity contribution >= 4 is 16.7 Å². The van der Waals surface area contributed by atoms with Gasteiger partial charge in [-0.1, -0.05) is 18.2 Å². The van der Waals surface area contributed by atoms with Gasteiger partial charge in [0.05, 0.1) is 11.1 Å². The SMILES string of the molecule is CN(C)c1cccc(-c2nc3c(C#N)cccc3[nH]2)c1. The molecule has 1 N–H and O–H groups in total. The summed E-state index contributed by atoms with van der Waals surface area (Å²) in [6, 6.07) is 15.9. The Kier molecular flexibility index (Phi) is 2.88. The van der Waals surface area contributed by atoms with E-state index >= 15 is 0 Å². The number of H-pyrrole nitrogens is 1. The maximum Gasteiger partial charge on any atom is 0.138 e. The van der Waals surface area contributed by atoms with Crippen LogP contribution in [0.4, 0.5) is 5.69 Å². The molecule has 0 bridgehead atoms. The lowest BCUT2D eigenvalue weighted by molar-refractivity contribution is 1.13. The number of rotatable bonds is 2. The van der Waals surface area contributed by atoms with Crippen molar-refractivity contribution in [2.75, 3.05) is 19.0 Å². The van der Waals surface area contributed by atoms with Crippen LogP contribution in [-0.4, -0.2) is 24.1 Å². The molecule has 20 heavy (non-hydrogen) atoms.